The molecule has 15 heteroatoms. The Morgan fingerprint density at radius 3 is 2.46 bits per heavy atom. The van der Waals surface area contributed by atoms with Crippen LogP contribution < -0.4 is 24.8 Å². The lowest BCUT2D eigenvalue weighted by Gasteiger charge is -2.32. The molecule has 2 aliphatic heterocycles. The van der Waals surface area contributed by atoms with Crippen molar-refractivity contribution >= 4 is 44.6 Å². The highest BCUT2D eigenvalue weighted by molar-refractivity contribution is 7.91. The minimum Gasteiger partial charge on any atom is -0.488 e. The first-order valence-electron chi connectivity index (χ1n) is 18.3. The maximum atomic E-state index is 14.4. The maximum absolute atomic E-state index is 14.4. The number of hydrogen-bond donors (Lipinski definition) is 4. The molecule has 0 radical (unpaired) electrons. The molecule has 2 aromatic rings. The molecule has 1 aromatic heterocycles. The number of carboxylic acid groups (broad SMARTS) is 1. The number of sulfonamides is 1. The predicted molar refractivity (Wildman–Crippen MR) is 190 cm³/mol. The Kier molecular flexibility index (Phi) is 9.37. The second-order valence-electron chi connectivity index (χ2n) is 15.7. The number of hydrogen-bond acceptors (Lipinski definition) is 9. The van der Waals surface area contributed by atoms with Crippen LogP contribution >= 0.6 is 0 Å². The molecule has 1 saturated heterocycles. The number of fused-ring (bicyclic) bond motifs is 3. The average molecular weight is 738 g/mol. The van der Waals surface area contributed by atoms with Crippen molar-refractivity contribution in [1.82, 2.24) is 25.2 Å². The number of pyridine rings is 1. The molecule has 3 saturated carbocycles. The highest BCUT2D eigenvalue weighted by Gasteiger charge is 2.63. The van der Waals surface area contributed by atoms with Crippen molar-refractivity contribution in [3.63, 3.8) is 0 Å². The summed E-state index contributed by atoms with van der Waals surface area (Å²) < 4.78 is 39.9. The van der Waals surface area contributed by atoms with Crippen LogP contribution in [0.3, 0.4) is 0 Å². The normalized spacial score (nSPS) is 31.6. The highest BCUT2D eigenvalue weighted by atomic mass is 32.2. The number of benzene rings is 1. The number of nitrogens with zero attached hydrogens (tertiary/aromatic N) is 2. The van der Waals surface area contributed by atoms with Gasteiger partial charge in [-0.2, -0.15) is 0 Å². The van der Waals surface area contributed by atoms with E-state index in [1.165, 1.54) is 4.90 Å². The van der Waals surface area contributed by atoms with E-state index >= 15 is 0 Å². The van der Waals surface area contributed by atoms with E-state index in [0.717, 1.165) is 24.6 Å². The summed E-state index contributed by atoms with van der Waals surface area (Å²) in [6, 6.07) is 5.22. The first kappa shape index (κ1) is 36.0. The predicted octanol–water partition coefficient (Wildman–Crippen LogP) is 3.65. The third-order valence-electron chi connectivity index (χ3n) is 11.3. The molecule has 0 spiro atoms. The molecule has 3 aliphatic carbocycles. The topological polar surface area (TPSA) is 193 Å². The smallest absolute Gasteiger partial charge is 0.405 e. The van der Waals surface area contributed by atoms with Gasteiger partial charge >= 0.3 is 6.09 Å². The minimum absolute atomic E-state index is 0.0209. The first-order valence-corrected chi connectivity index (χ1v) is 19.7. The lowest BCUT2D eigenvalue weighted by Crippen LogP contribution is -2.59. The molecule has 4 amide bonds. The summed E-state index contributed by atoms with van der Waals surface area (Å²) in [6.07, 6.45) is 8.44. The third kappa shape index (κ3) is 7.15. The van der Waals surface area contributed by atoms with Gasteiger partial charge in [0.2, 0.25) is 27.7 Å². The number of rotatable bonds is 8. The molecule has 280 valence electrons. The summed E-state index contributed by atoms with van der Waals surface area (Å²) in [4.78, 5) is 60.4. The molecule has 4 fully saturated rings. The van der Waals surface area contributed by atoms with E-state index in [-0.39, 0.29) is 31.4 Å². The second kappa shape index (κ2) is 13.5. The van der Waals surface area contributed by atoms with Crippen molar-refractivity contribution < 1.29 is 42.2 Å². The molecule has 0 unspecified atom stereocenters. The van der Waals surface area contributed by atoms with Crippen LogP contribution in [-0.2, 0) is 24.4 Å². The summed E-state index contributed by atoms with van der Waals surface area (Å²) in [7, 11) is -4.00. The Morgan fingerprint density at radius 1 is 1.04 bits per heavy atom. The molecular formula is C37H47N5O9S. The van der Waals surface area contributed by atoms with E-state index in [4.69, 9.17) is 9.47 Å². The zero-order valence-electron chi connectivity index (χ0n) is 29.7. The van der Waals surface area contributed by atoms with Gasteiger partial charge in [-0.05, 0) is 76.2 Å². The van der Waals surface area contributed by atoms with Crippen molar-refractivity contribution in [1.29, 1.82) is 0 Å². The maximum Gasteiger partial charge on any atom is 0.405 e. The van der Waals surface area contributed by atoms with E-state index in [1.807, 2.05) is 50.3 Å². The monoisotopic (exact) mass is 737 g/mol. The fraction of sp³-hybridized carbons (Fsp3) is 0.595. The highest BCUT2D eigenvalue weighted by Crippen LogP contribution is 2.48. The average Bonchev–Trinajstić information content (AvgIpc) is 4.04. The second-order valence-corrected chi connectivity index (χ2v) is 17.9. The van der Waals surface area contributed by atoms with Crippen LogP contribution in [0.5, 0.6) is 11.6 Å². The van der Waals surface area contributed by atoms with Crippen LogP contribution in [0.4, 0.5) is 4.79 Å². The van der Waals surface area contributed by atoms with E-state index in [1.54, 1.807) is 13.1 Å². The minimum atomic E-state index is -4.00. The number of amides is 4. The van der Waals surface area contributed by atoms with Gasteiger partial charge in [0, 0.05) is 23.1 Å². The van der Waals surface area contributed by atoms with Crippen molar-refractivity contribution in [3.05, 3.63) is 42.6 Å². The van der Waals surface area contributed by atoms with Crippen molar-refractivity contribution in [2.75, 3.05) is 6.54 Å². The Morgan fingerprint density at radius 2 is 1.77 bits per heavy atom. The van der Waals surface area contributed by atoms with Gasteiger partial charge in [-0.3, -0.25) is 19.1 Å². The quantitative estimate of drug-likeness (QED) is 0.291. The van der Waals surface area contributed by atoms with E-state index in [2.05, 4.69) is 20.3 Å². The SMILES string of the molecule is C[C@@H]1CCC=C[C@@H]2C[C@@]2(C(=O)NS(=O)(=O)C2(C)CC2)NC(=O)[C@@H]2C[C@@H](Oc3ncc(OC4CC4)c4ccccc34)CN2C(=O)[C@@H](NC(=O)O)[C@H](C)C1. The Labute approximate surface area is 303 Å². The van der Waals surface area contributed by atoms with Crippen molar-refractivity contribution in [3.8, 4) is 11.6 Å². The van der Waals surface area contributed by atoms with E-state index in [0.29, 0.717) is 42.7 Å². The van der Waals surface area contributed by atoms with Gasteiger partial charge in [-0.1, -0.05) is 44.2 Å². The molecule has 7 atom stereocenters. The fourth-order valence-corrected chi connectivity index (χ4v) is 8.89. The zero-order chi connectivity index (χ0) is 37.0. The van der Waals surface area contributed by atoms with E-state index in [9.17, 15) is 32.7 Å². The van der Waals surface area contributed by atoms with Crippen molar-refractivity contribution in [2.45, 2.75) is 113 Å². The molecule has 4 N–H and O–H groups in total. The first-order chi connectivity index (χ1) is 24.7. The van der Waals surface area contributed by atoms with Crippen LogP contribution in [0.15, 0.2) is 42.6 Å². The number of carbonyl (C=O) groups is 4. The standard InChI is InChI=1S/C37H47N5O9S/c1-21-8-4-5-9-23-18-37(23,34(45)41-52(48,49)36(3)14-15-36)40-31(43)28-17-25(20-42(28)33(44)30(22(2)16-21)39-35(46)47)51-32-27-11-7-6-10-26(27)29(19-38-32)50-24-12-13-24/h5-7,9-11,19,21-25,28,30,39H,4,8,12-18,20H2,1-3H3,(H,40,43)(H,41,45)(H,46,47)/t21-,22-,23-,25-,28+,30+,37-/m1/s1. The number of allylic oxidation sites excluding steroid dienone is 1. The van der Waals surface area contributed by atoms with Crippen LogP contribution in [0.25, 0.3) is 10.8 Å². The Balaban J connectivity index is 1.20. The molecule has 14 nitrogen and oxygen atoms in total. The number of ether oxygens (including phenoxy) is 2. The van der Waals surface area contributed by atoms with Crippen molar-refractivity contribution in [2.24, 2.45) is 17.8 Å². The van der Waals surface area contributed by atoms with Crippen LogP contribution in [0, 0.1) is 17.8 Å². The third-order valence-corrected chi connectivity index (χ3v) is 13.5. The number of nitrogens with one attached hydrogen (secondary N) is 3. The zero-order valence-corrected chi connectivity index (χ0v) is 30.5. The Hall–Kier alpha value is -4.40. The summed E-state index contributed by atoms with van der Waals surface area (Å²) in [5.41, 5.74) is -1.54. The van der Waals surface area contributed by atoms with Gasteiger partial charge in [-0.25, -0.2) is 18.2 Å². The lowest BCUT2D eigenvalue weighted by molar-refractivity contribution is -0.142. The fourth-order valence-electron chi connectivity index (χ4n) is 7.58. The van der Waals surface area contributed by atoms with Gasteiger partial charge in [0.15, 0.2) is 0 Å². The summed E-state index contributed by atoms with van der Waals surface area (Å²) in [6.45, 7) is 5.38. The van der Waals surface area contributed by atoms with Gasteiger partial charge in [0.05, 0.1) is 23.6 Å². The van der Waals surface area contributed by atoms with Gasteiger partial charge < -0.3 is 30.1 Å². The molecule has 52 heavy (non-hydrogen) atoms. The van der Waals surface area contributed by atoms with Crippen LogP contribution in [-0.4, -0.2) is 88.3 Å². The van der Waals surface area contributed by atoms with Crippen LogP contribution in [0.2, 0.25) is 0 Å². The van der Waals surface area contributed by atoms with E-state index < -0.39 is 74.1 Å². The molecule has 1 aromatic carbocycles. The Bertz CT molecular complexity index is 1910. The van der Waals surface area contributed by atoms with Gasteiger partial charge in [-0.15, -0.1) is 0 Å². The molecular weight excluding hydrogens is 691 g/mol. The van der Waals surface area contributed by atoms with Gasteiger partial charge in [0.25, 0.3) is 5.91 Å². The summed E-state index contributed by atoms with van der Waals surface area (Å²) in [5.74, 6) is -1.84. The lowest BCUT2D eigenvalue weighted by atomic mass is 9.88. The molecule has 0 bridgehead atoms. The van der Waals surface area contributed by atoms with Gasteiger partial charge in [0.1, 0.15) is 29.5 Å². The molecule has 3 heterocycles. The summed E-state index contributed by atoms with van der Waals surface area (Å²) >= 11 is 0. The molecule has 7 rings (SSSR count). The largest absolute Gasteiger partial charge is 0.488 e. The molecule has 5 aliphatic rings. The summed E-state index contributed by atoms with van der Waals surface area (Å²) in [5, 5.41) is 16.6. The number of carbonyl (C=O) groups excluding carboxylic acids is 3. The number of aromatic nitrogens is 1. The van der Waals surface area contributed by atoms with Crippen LogP contribution in [0.1, 0.15) is 78.6 Å².